The van der Waals surface area contributed by atoms with Crippen molar-refractivity contribution < 1.29 is 33.3 Å². The van der Waals surface area contributed by atoms with E-state index in [1.54, 1.807) is 41.5 Å². The minimum Gasteiger partial charge on any atom is -0.463 e. The molecule has 15 heteroatoms. The van der Waals surface area contributed by atoms with Crippen molar-refractivity contribution in [3.63, 3.8) is 0 Å². The summed E-state index contributed by atoms with van der Waals surface area (Å²) in [6.07, 6.45) is -1.52. The normalized spacial score (nSPS) is 19.9. The first kappa shape index (κ1) is 31.4. The van der Waals surface area contributed by atoms with Gasteiger partial charge in [-0.15, -0.1) is 0 Å². The van der Waals surface area contributed by atoms with Crippen LogP contribution in [0.4, 0.5) is 4.79 Å². The third-order valence-corrected chi connectivity index (χ3v) is 5.29. The average Bonchev–Trinajstić information content (AvgIpc) is 3.17. The first-order valence-electron chi connectivity index (χ1n) is 12.4. The molecular formula is C24H36N6O9. The lowest BCUT2D eigenvalue weighted by Crippen LogP contribution is -2.46. The smallest absolute Gasteiger partial charge is 0.408 e. The number of carbonyl (C=O) groups is 3. The number of hydrogen-bond acceptors (Lipinski definition) is 10. The monoisotopic (exact) mass is 552 g/mol. The lowest BCUT2D eigenvalue weighted by molar-refractivity contribution is -0.158. The van der Waals surface area contributed by atoms with Gasteiger partial charge < -0.3 is 24.3 Å². The number of aromatic amines is 1. The second-order valence-electron chi connectivity index (χ2n) is 11.1. The van der Waals surface area contributed by atoms with Crippen LogP contribution in [0.1, 0.15) is 72.6 Å². The Morgan fingerprint density at radius 1 is 1.21 bits per heavy atom. The van der Waals surface area contributed by atoms with Crippen molar-refractivity contribution in [1.29, 1.82) is 0 Å². The fourth-order valence-corrected chi connectivity index (χ4v) is 3.60. The molecule has 2 N–H and O–H groups in total. The Labute approximate surface area is 224 Å². The van der Waals surface area contributed by atoms with Crippen LogP contribution in [-0.4, -0.2) is 63.6 Å². The third kappa shape index (κ3) is 10.1. The van der Waals surface area contributed by atoms with Gasteiger partial charge in [-0.3, -0.25) is 19.1 Å². The van der Waals surface area contributed by atoms with E-state index in [0.717, 1.165) is 0 Å². The molecule has 1 amide bonds. The van der Waals surface area contributed by atoms with Gasteiger partial charge >= 0.3 is 23.7 Å². The maximum atomic E-state index is 12.6. The van der Waals surface area contributed by atoms with Crippen LogP contribution in [0.25, 0.3) is 10.4 Å². The Hall–Kier alpha value is -3.84. The molecule has 0 unspecified atom stereocenters. The second-order valence-corrected chi connectivity index (χ2v) is 11.1. The minimum atomic E-state index is -1.18. The number of H-pyrrole nitrogens is 1. The number of nitrogens with one attached hydrogen (secondary N) is 2. The van der Waals surface area contributed by atoms with E-state index < -0.39 is 64.9 Å². The van der Waals surface area contributed by atoms with Crippen molar-refractivity contribution in [2.24, 2.45) is 5.11 Å². The van der Waals surface area contributed by atoms with E-state index in [4.69, 9.17) is 24.5 Å². The first-order valence-corrected chi connectivity index (χ1v) is 12.4. The number of rotatable bonds is 9. The molecule has 0 spiro atoms. The Morgan fingerprint density at radius 2 is 1.85 bits per heavy atom. The molecule has 39 heavy (non-hydrogen) atoms. The maximum Gasteiger partial charge on any atom is 0.408 e. The van der Waals surface area contributed by atoms with Crippen molar-refractivity contribution in [2.45, 2.75) is 103 Å². The highest BCUT2D eigenvalue weighted by atomic mass is 16.6. The molecule has 4 atom stereocenters. The second kappa shape index (κ2) is 12.8. The number of alkyl carbamates (subject to hydrolysis) is 1. The lowest BCUT2D eigenvalue weighted by Gasteiger charge is -2.26. The zero-order valence-electron chi connectivity index (χ0n) is 23.2. The number of ether oxygens (including phenoxy) is 4. The van der Waals surface area contributed by atoms with Gasteiger partial charge in [0.05, 0.1) is 6.04 Å². The van der Waals surface area contributed by atoms with Crippen LogP contribution in [0.5, 0.6) is 0 Å². The number of amides is 1. The zero-order chi connectivity index (χ0) is 29.5. The summed E-state index contributed by atoms with van der Waals surface area (Å²) in [5, 5.41) is 6.11. The molecule has 0 aromatic carbocycles. The van der Waals surface area contributed by atoms with Gasteiger partial charge in [0.2, 0.25) is 0 Å². The fourth-order valence-electron chi connectivity index (χ4n) is 3.60. The van der Waals surface area contributed by atoms with E-state index >= 15 is 0 Å². The number of nitrogens with zero attached hydrogens (tertiary/aromatic N) is 4. The van der Waals surface area contributed by atoms with Gasteiger partial charge in [-0.05, 0) is 60.4 Å². The highest BCUT2D eigenvalue weighted by Crippen LogP contribution is 2.30. The van der Waals surface area contributed by atoms with Crippen LogP contribution >= 0.6 is 0 Å². The summed E-state index contributed by atoms with van der Waals surface area (Å²) in [4.78, 5) is 66.2. The molecule has 2 rings (SSSR count). The number of aryl methyl sites for hydroxylation is 1. The van der Waals surface area contributed by atoms with Crippen LogP contribution in [0.3, 0.4) is 0 Å². The van der Waals surface area contributed by atoms with Crippen molar-refractivity contribution in [3.05, 3.63) is 43.0 Å². The van der Waals surface area contributed by atoms with E-state index in [1.165, 1.54) is 17.7 Å². The predicted octanol–water partition coefficient (Wildman–Crippen LogP) is 2.37. The molecule has 0 bridgehead atoms. The molecule has 1 aliphatic rings. The van der Waals surface area contributed by atoms with Crippen LogP contribution in [0.2, 0.25) is 0 Å². The largest absolute Gasteiger partial charge is 0.463 e. The summed E-state index contributed by atoms with van der Waals surface area (Å²) in [6, 6.07) is -1.93. The predicted molar refractivity (Wildman–Crippen MR) is 137 cm³/mol. The molecule has 0 radical (unpaired) electrons. The van der Waals surface area contributed by atoms with Crippen molar-refractivity contribution in [3.8, 4) is 0 Å². The molecule has 1 aromatic rings. The number of azide groups is 1. The molecule has 1 fully saturated rings. The standard InChI is InChI=1S/C24H36N6O9/c1-13-11-30(21(34)27-19(13)32)17-10-15(28-29-25)16(37-17)12-36-18(31)9-8-14(20(33)38-23(2,3)4)26-22(35)39-24(5,6)7/h11,14-17H,8-10,12H2,1-7H3,(H,26,35)(H,27,32,34)/t14-,15-,16+,17+/m0/s1. The van der Waals surface area contributed by atoms with Gasteiger partial charge in [0.1, 0.15) is 36.2 Å². The summed E-state index contributed by atoms with van der Waals surface area (Å²) < 4.78 is 22.8. The van der Waals surface area contributed by atoms with Crippen LogP contribution < -0.4 is 16.6 Å². The van der Waals surface area contributed by atoms with E-state index in [-0.39, 0.29) is 31.4 Å². The molecule has 1 aromatic heterocycles. The minimum absolute atomic E-state index is 0.109. The van der Waals surface area contributed by atoms with E-state index in [1.807, 2.05) is 0 Å². The van der Waals surface area contributed by atoms with Gasteiger partial charge in [-0.1, -0.05) is 5.11 Å². The molecule has 1 aliphatic heterocycles. The molecule has 2 heterocycles. The van der Waals surface area contributed by atoms with Crippen LogP contribution in [0.15, 0.2) is 20.9 Å². The third-order valence-electron chi connectivity index (χ3n) is 5.29. The number of esters is 2. The van der Waals surface area contributed by atoms with Gasteiger partial charge in [-0.2, -0.15) is 0 Å². The maximum absolute atomic E-state index is 12.6. The van der Waals surface area contributed by atoms with E-state index in [0.29, 0.717) is 0 Å². The summed E-state index contributed by atoms with van der Waals surface area (Å²) in [5.74, 6) is -1.45. The van der Waals surface area contributed by atoms with Gasteiger partial charge in [-0.25, -0.2) is 14.4 Å². The number of carbonyl (C=O) groups excluding carboxylic acids is 3. The molecular weight excluding hydrogens is 516 g/mol. The van der Waals surface area contributed by atoms with Crippen LogP contribution in [0, 0.1) is 6.92 Å². The van der Waals surface area contributed by atoms with Crippen molar-refractivity contribution in [2.75, 3.05) is 6.61 Å². The highest BCUT2D eigenvalue weighted by Gasteiger charge is 2.37. The topological polar surface area (TPSA) is 204 Å². The Balaban J connectivity index is 2.03. The molecule has 1 saturated heterocycles. The Bertz CT molecular complexity index is 1220. The van der Waals surface area contributed by atoms with Gasteiger partial charge in [0.15, 0.2) is 0 Å². The van der Waals surface area contributed by atoms with Gasteiger partial charge in [0, 0.05) is 29.5 Å². The summed E-state index contributed by atoms with van der Waals surface area (Å²) in [5.41, 5.74) is 6.35. The molecule has 0 aliphatic carbocycles. The number of aromatic nitrogens is 2. The van der Waals surface area contributed by atoms with E-state index in [2.05, 4.69) is 20.3 Å². The zero-order valence-corrected chi connectivity index (χ0v) is 23.2. The van der Waals surface area contributed by atoms with Crippen molar-refractivity contribution in [1.82, 2.24) is 14.9 Å². The Morgan fingerprint density at radius 3 is 2.44 bits per heavy atom. The fraction of sp³-hybridized carbons (Fsp3) is 0.708. The van der Waals surface area contributed by atoms with E-state index in [9.17, 15) is 24.0 Å². The SMILES string of the molecule is Cc1cn([C@H]2C[C@H](N=[N+]=[N-])[C@@H](COC(=O)CC[C@H](NC(=O)OC(C)(C)C)C(=O)OC(C)(C)C)O2)c(=O)[nH]c1=O. The summed E-state index contributed by atoms with van der Waals surface area (Å²) in [6.45, 7) is 11.2. The highest BCUT2D eigenvalue weighted by molar-refractivity contribution is 5.82. The van der Waals surface area contributed by atoms with Crippen LogP contribution in [-0.2, 0) is 28.5 Å². The molecule has 15 nitrogen and oxygen atoms in total. The van der Waals surface area contributed by atoms with Gasteiger partial charge in [0.25, 0.3) is 5.56 Å². The summed E-state index contributed by atoms with van der Waals surface area (Å²) in [7, 11) is 0. The average molecular weight is 553 g/mol. The quantitative estimate of drug-likeness (QED) is 0.151. The first-order chi connectivity index (χ1) is 18.0. The molecule has 0 saturated carbocycles. The molecule has 216 valence electrons. The summed E-state index contributed by atoms with van der Waals surface area (Å²) >= 11 is 0. The Kier molecular flexibility index (Phi) is 10.3. The number of hydrogen-bond donors (Lipinski definition) is 2. The lowest BCUT2D eigenvalue weighted by atomic mass is 10.1. The van der Waals surface area contributed by atoms with Crippen molar-refractivity contribution >= 4 is 18.0 Å².